The fraction of sp³-hybridized carbons (Fsp3) is 0.625. The van der Waals surface area contributed by atoms with Gasteiger partial charge in [0.05, 0.1) is 0 Å². The standard InChI is InChI=1S/C8H13Si.2C4H11Si.Y/c1-9(2,3)8-6-4-5-7-8;2*1-5(2,3)4;/h4,6H,5H2,1-3H3;2*1H2,2-4H3;/q3*-1;+3. The van der Waals surface area contributed by atoms with Gasteiger partial charge in [-0.25, -0.2) is 11.3 Å². The van der Waals surface area contributed by atoms with E-state index in [1.807, 2.05) is 0 Å². The van der Waals surface area contributed by atoms with Crippen LogP contribution in [0.25, 0.3) is 0 Å². The van der Waals surface area contributed by atoms with Crippen molar-refractivity contribution in [1.82, 2.24) is 0 Å². The summed E-state index contributed by atoms with van der Waals surface area (Å²) < 4.78 is 0. The normalized spacial score (nSPS) is 14.2. The smallest absolute Gasteiger partial charge is 0.342 e. The van der Waals surface area contributed by atoms with Gasteiger partial charge in [0.15, 0.2) is 0 Å². The molecule has 0 saturated heterocycles. The van der Waals surface area contributed by atoms with Gasteiger partial charge in [-0.15, -0.1) is 22.6 Å². The van der Waals surface area contributed by atoms with Gasteiger partial charge >= 0.3 is 32.7 Å². The minimum absolute atomic E-state index is 0. The van der Waals surface area contributed by atoms with Crippen molar-refractivity contribution in [3.05, 3.63) is 36.5 Å². The first-order chi connectivity index (χ1) is 8.11. The molecule has 1 aliphatic carbocycles. The number of hydrogen-bond acceptors (Lipinski definition) is 0. The summed E-state index contributed by atoms with van der Waals surface area (Å²) in [6.45, 7) is 28.2. The molecule has 20 heavy (non-hydrogen) atoms. The van der Waals surface area contributed by atoms with Gasteiger partial charge in [-0.05, 0) is 0 Å². The van der Waals surface area contributed by atoms with E-state index < -0.39 is 24.2 Å². The van der Waals surface area contributed by atoms with Crippen LogP contribution in [0.2, 0.25) is 58.9 Å². The van der Waals surface area contributed by atoms with Crippen LogP contribution in [0, 0.1) is 19.2 Å². The van der Waals surface area contributed by atoms with Crippen molar-refractivity contribution >= 4 is 24.2 Å². The molecule has 0 aromatic carbocycles. The van der Waals surface area contributed by atoms with Gasteiger partial charge in [0, 0.05) is 8.07 Å². The van der Waals surface area contributed by atoms with Gasteiger partial charge in [-0.3, -0.25) is 6.08 Å². The van der Waals surface area contributed by atoms with Crippen molar-refractivity contribution < 1.29 is 32.7 Å². The zero-order valence-corrected chi connectivity index (χ0v) is 21.2. The van der Waals surface area contributed by atoms with E-state index >= 15 is 0 Å². The minimum atomic E-state index is -1.01. The summed E-state index contributed by atoms with van der Waals surface area (Å²) in [5, 5.41) is 1.49. The van der Waals surface area contributed by atoms with Crippen molar-refractivity contribution in [3.8, 4) is 0 Å². The molecule has 0 radical (unpaired) electrons. The first-order valence-corrected chi connectivity index (χ1v) is 18.0. The van der Waals surface area contributed by atoms with Crippen molar-refractivity contribution in [1.29, 1.82) is 0 Å². The monoisotopic (exact) mass is 400 g/mol. The molecule has 0 heterocycles. The van der Waals surface area contributed by atoms with Crippen molar-refractivity contribution in [2.24, 2.45) is 0 Å². The molecule has 0 nitrogen and oxygen atoms in total. The molecule has 1 aliphatic rings. The molecule has 0 aromatic heterocycles. The van der Waals surface area contributed by atoms with Crippen molar-refractivity contribution in [3.63, 3.8) is 0 Å². The Morgan fingerprint density at radius 2 is 1.15 bits per heavy atom. The van der Waals surface area contributed by atoms with Crippen LogP contribution in [0.5, 0.6) is 0 Å². The maximum Gasteiger partial charge on any atom is 3.00 e. The van der Waals surface area contributed by atoms with Crippen LogP contribution in [0.3, 0.4) is 0 Å². The fourth-order valence-corrected chi connectivity index (χ4v) is 2.17. The van der Waals surface area contributed by atoms with Gasteiger partial charge in [0.2, 0.25) is 0 Å². The molecule has 0 atom stereocenters. The van der Waals surface area contributed by atoms with Crippen molar-refractivity contribution in [2.45, 2.75) is 65.3 Å². The molecule has 0 unspecified atom stereocenters. The van der Waals surface area contributed by atoms with E-state index in [1.165, 1.54) is 5.20 Å². The first-order valence-electron chi connectivity index (χ1n) is 7.09. The quantitative estimate of drug-likeness (QED) is 0.377. The Hall–Kier alpha value is 1.23. The van der Waals surface area contributed by atoms with Gasteiger partial charge < -0.3 is 13.1 Å². The van der Waals surface area contributed by atoms with Crippen LogP contribution in [0.15, 0.2) is 17.3 Å². The van der Waals surface area contributed by atoms with E-state index in [-0.39, 0.29) is 32.7 Å². The van der Waals surface area contributed by atoms with Crippen LogP contribution < -0.4 is 0 Å². The van der Waals surface area contributed by atoms with Gasteiger partial charge in [0.25, 0.3) is 0 Å². The van der Waals surface area contributed by atoms with E-state index in [4.69, 9.17) is 0 Å². The molecular formula is C16H35Si3Y. The predicted molar refractivity (Wildman–Crippen MR) is 101 cm³/mol. The topological polar surface area (TPSA) is 0 Å². The Balaban J connectivity index is -0.000000230. The van der Waals surface area contributed by atoms with Crippen LogP contribution in [-0.2, 0) is 32.7 Å². The van der Waals surface area contributed by atoms with E-state index in [0.717, 1.165) is 6.42 Å². The maximum absolute atomic E-state index is 3.91. The molecule has 114 valence electrons. The Bertz CT molecular complexity index is 275. The van der Waals surface area contributed by atoms with Crippen LogP contribution in [0.4, 0.5) is 0 Å². The van der Waals surface area contributed by atoms with Crippen LogP contribution in [-0.4, -0.2) is 24.2 Å². The molecule has 0 N–H and O–H groups in total. The fourth-order valence-electron chi connectivity index (χ4n) is 0.920. The predicted octanol–water partition coefficient (Wildman–Crippen LogP) is 5.95. The maximum atomic E-state index is 3.91. The van der Waals surface area contributed by atoms with Crippen LogP contribution >= 0.6 is 0 Å². The summed E-state index contributed by atoms with van der Waals surface area (Å²) in [7, 11) is -2.73. The second-order valence-electron chi connectivity index (χ2n) is 8.57. The van der Waals surface area contributed by atoms with Crippen LogP contribution in [0.1, 0.15) is 6.42 Å². The largest absolute Gasteiger partial charge is 3.00 e. The van der Waals surface area contributed by atoms with E-state index in [0.29, 0.717) is 0 Å². The molecule has 1 rings (SSSR count). The molecule has 0 saturated carbocycles. The molecule has 0 fully saturated rings. The Kier molecular flexibility index (Phi) is 14.2. The average Bonchev–Trinajstić information content (AvgIpc) is 2.44. The van der Waals surface area contributed by atoms with Gasteiger partial charge in [-0.2, -0.15) is 6.08 Å². The molecular weight excluding hydrogens is 365 g/mol. The summed E-state index contributed by atoms with van der Waals surface area (Å²) >= 11 is 0. The molecule has 4 heteroatoms. The summed E-state index contributed by atoms with van der Waals surface area (Å²) in [5.74, 6) is 0. The number of allylic oxidation sites excluding steroid dienone is 4. The zero-order chi connectivity index (χ0) is 15.9. The first kappa shape index (κ1) is 26.1. The van der Waals surface area contributed by atoms with Gasteiger partial charge in [-0.1, -0.05) is 58.9 Å². The van der Waals surface area contributed by atoms with Gasteiger partial charge in [0.1, 0.15) is 0 Å². The third-order valence-corrected chi connectivity index (χ3v) is 3.46. The zero-order valence-electron chi connectivity index (χ0n) is 15.4. The average molecular weight is 401 g/mol. The van der Waals surface area contributed by atoms with E-state index in [2.05, 4.69) is 90.2 Å². The van der Waals surface area contributed by atoms with E-state index in [1.54, 1.807) is 0 Å². The summed E-state index contributed by atoms with van der Waals surface area (Å²) in [4.78, 5) is 0. The summed E-state index contributed by atoms with van der Waals surface area (Å²) in [6.07, 6.45) is 8.82. The SMILES string of the molecule is C[Si](C)(C)C1=[C-]CC=C1.[CH2-][Si](C)(C)C.[CH2-][Si](C)(C)C.[Y+3]. The van der Waals surface area contributed by atoms with Crippen molar-refractivity contribution in [2.75, 3.05) is 0 Å². The Morgan fingerprint density at radius 1 is 0.850 bits per heavy atom. The molecule has 0 bridgehead atoms. The molecule has 0 aliphatic heterocycles. The molecule has 0 aromatic rings. The summed E-state index contributed by atoms with van der Waals surface area (Å²) in [6, 6.07) is 0. The number of hydrogen-bond donors (Lipinski definition) is 0. The Morgan fingerprint density at radius 3 is 1.25 bits per heavy atom. The minimum Gasteiger partial charge on any atom is -0.342 e. The number of rotatable bonds is 1. The summed E-state index contributed by atoms with van der Waals surface area (Å²) in [5.41, 5.74) is 0. The second-order valence-corrected chi connectivity index (χ2v) is 23.8. The third kappa shape index (κ3) is 31.6. The third-order valence-electron chi connectivity index (χ3n) is 1.50. The van der Waals surface area contributed by atoms with E-state index in [9.17, 15) is 0 Å². The molecule has 0 amide bonds. The molecule has 0 spiro atoms. The Labute approximate surface area is 157 Å². The second kappa shape index (κ2) is 10.9.